The maximum atomic E-state index is 5.97. The molecule has 0 heterocycles. The number of hydrogen-bond donors (Lipinski definition) is 1. The molecule has 2 nitrogen and oxygen atoms in total. The largest absolute Gasteiger partial charge is 0.376 e. The Balaban J connectivity index is 3.41. The van der Waals surface area contributed by atoms with E-state index in [0.717, 1.165) is 13.0 Å². The Morgan fingerprint density at radius 3 is 2.12 bits per heavy atom. The Bertz CT molecular complexity index is 159. The number of nitrogens with one attached hydrogen (secondary N) is 1. The molecule has 0 amide bonds. The molecule has 0 aliphatic heterocycles. The zero-order valence-electron chi connectivity index (χ0n) is 12.6. The summed E-state index contributed by atoms with van der Waals surface area (Å²) in [5, 5.41) is 3.43. The summed E-state index contributed by atoms with van der Waals surface area (Å²) in [6.45, 7) is 12.1. The molecular formula is C15H33NO. The number of ether oxygens (including phenoxy) is 1. The predicted molar refractivity (Wildman–Crippen MR) is 76.5 cm³/mol. The standard InChI is InChI=1S/C15H33NO/c1-6-7-8-9-10-14(4)17-15(5)11-12-16-13(2)3/h13-16H,6-12H2,1-5H3. The quantitative estimate of drug-likeness (QED) is 0.551. The van der Waals surface area contributed by atoms with Crippen molar-refractivity contribution in [3.05, 3.63) is 0 Å². The summed E-state index contributed by atoms with van der Waals surface area (Å²) in [4.78, 5) is 0. The van der Waals surface area contributed by atoms with E-state index in [2.05, 4.69) is 39.9 Å². The molecule has 0 bridgehead atoms. The average Bonchev–Trinajstić information content (AvgIpc) is 2.23. The third-order valence-electron chi connectivity index (χ3n) is 3.03. The summed E-state index contributed by atoms with van der Waals surface area (Å²) in [5.41, 5.74) is 0. The van der Waals surface area contributed by atoms with Gasteiger partial charge in [-0.25, -0.2) is 0 Å². The molecule has 0 saturated carbocycles. The van der Waals surface area contributed by atoms with Crippen LogP contribution in [-0.2, 0) is 4.74 Å². The molecule has 104 valence electrons. The van der Waals surface area contributed by atoms with Crippen LogP contribution < -0.4 is 5.32 Å². The predicted octanol–water partition coefficient (Wildman–Crippen LogP) is 4.14. The van der Waals surface area contributed by atoms with Crippen LogP contribution in [0.5, 0.6) is 0 Å². The summed E-state index contributed by atoms with van der Waals surface area (Å²) < 4.78 is 5.97. The van der Waals surface area contributed by atoms with Crippen LogP contribution in [0, 0.1) is 0 Å². The fourth-order valence-corrected chi connectivity index (χ4v) is 1.97. The minimum Gasteiger partial charge on any atom is -0.376 e. The SMILES string of the molecule is CCCCCCC(C)OC(C)CCNC(C)C. The van der Waals surface area contributed by atoms with E-state index >= 15 is 0 Å². The van der Waals surface area contributed by atoms with Gasteiger partial charge in [-0.1, -0.05) is 46.5 Å². The molecule has 2 heteroatoms. The molecule has 0 aromatic rings. The molecule has 0 radical (unpaired) electrons. The van der Waals surface area contributed by atoms with Crippen molar-refractivity contribution in [2.24, 2.45) is 0 Å². The maximum absolute atomic E-state index is 5.97. The van der Waals surface area contributed by atoms with E-state index in [4.69, 9.17) is 4.74 Å². The highest BCUT2D eigenvalue weighted by atomic mass is 16.5. The van der Waals surface area contributed by atoms with Gasteiger partial charge >= 0.3 is 0 Å². The van der Waals surface area contributed by atoms with Gasteiger partial charge in [-0.05, 0) is 33.2 Å². The summed E-state index contributed by atoms with van der Waals surface area (Å²) in [5.74, 6) is 0. The van der Waals surface area contributed by atoms with Gasteiger partial charge in [0.1, 0.15) is 0 Å². The average molecular weight is 243 g/mol. The van der Waals surface area contributed by atoms with E-state index in [0.29, 0.717) is 18.2 Å². The van der Waals surface area contributed by atoms with Gasteiger partial charge in [-0.2, -0.15) is 0 Å². The summed E-state index contributed by atoms with van der Waals surface area (Å²) in [6, 6.07) is 0.577. The lowest BCUT2D eigenvalue weighted by atomic mass is 10.1. The van der Waals surface area contributed by atoms with E-state index in [1.165, 1.54) is 32.1 Å². The summed E-state index contributed by atoms with van der Waals surface area (Å²) in [6.07, 6.45) is 8.45. The third kappa shape index (κ3) is 12.2. The lowest BCUT2D eigenvalue weighted by molar-refractivity contribution is -0.000993. The normalized spacial score (nSPS) is 15.2. The van der Waals surface area contributed by atoms with Crippen LogP contribution in [0.25, 0.3) is 0 Å². The molecule has 0 fully saturated rings. The van der Waals surface area contributed by atoms with Crippen LogP contribution in [0.1, 0.15) is 73.1 Å². The smallest absolute Gasteiger partial charge is 0.0562 e. The molecule has 0 aromatic carbocycles. The van der Waals surface area contributed by atoms with Crippen LogP contribution in [-0.4, -0.2) is 24.8 Å². The fourth-order valence-electron chi connectivity index (χ4n) is 1.97. The van der Waals surface area contributed by atoms with Crippen molar-refractivity contribution in [2.75, 3.05) is 6.54 Å². The van der Waals surface area contributed by atoms with Crippen molar-refractivity contribution >= 4 is 0 Å². The number of rotatable bonds is 11. The van der Waals surface area contributed by atoms with Gasteiger partial charge in [0.15, 0.2) is 0 Å². The van der Waals surface area contributed by atoms with Crippen molar-refractivity contribution in [3.8, 4) is 0 Å². The first-order valence-corrected chi connectivity index (χ1v) is 7.45. The van der Waals surface area contributed by atoms with Gasteiger partial charge in [0.25, 0.3) is 0 Å². The minimum atomic E-state index is 0.377. The lowest BCUT2D eigenvalue weighted by Gasteiger charge is -2.20. The molecule has 0 aromatic heterocycles. The van der Waals surface area contributed by atoms with Gasteiger partial charge < -0.3 is 10.1 Å². The van der Waals surface area contributed by atoms with E-state index in [1.54, 1.807) is 0 Å². The van der Waals surface area contributed by atoms with E-state index in [-0.39, 0.29) is 0 Å². The zero-order chi connectivity index (χ0) is 13.1. The Kier molecular flexibility index (Phi) is 11.0. The zero-order valence-corrected chi connectivity index (χ0v) is 12.6. The van der Waals surface area contributed by atoms with E-state index in [9.17, 15) is 0 Å². The van der Waals surface area contributed by atoms with Crippen LogP contribution >= 0.6 is 0 Å². The first-order chi connectivity index (χ1) is 8.06. The molecule has 2 atom stereocenters. The molecule has 2 unspecified atom stereocenters. The van der Waals surface area contributed by atoms with Crippen LogP contribution in [0.2, 0.25) is 0 Å². The Hall–Kier alpha value is -0.0800. The molecular weight excluding hydrogens is 210 g/mol. The van der Waals surface area contributed by atoms with Crippen molar-refractivity contribution in [1.29, 1.82) is 0 Å². The van der Waals surface area contributed by atoms with Gasteiger partial charge in [0.2, 0.25) is 0 Å². The molecule has 0 aliphatic rings. The van der Waals surface area contributed by atoms with Gasteiger partial charge in [0, 0.05) is 6.04 Å². The van der Waals surface area contributed by atoms with Gasteiger partial charge in [-0.3, -0.25) is 0 Å². The second kappa shape index (κ2) is 11.0. The highest BCUT2D eigenvalue weighted by molar-refractivity contribution is 4.60. The van der Waals surface area contributed by atoms with Crippen molar-refractivity contribution in [1.82, 2.24) is 5.32 Å². The second-order valence-corrected chi connectivity index (χ2v) is 5.50. The monoisotopic (exact) mass is 243 g/mol. The van der Waals surface area contributed by atoms with E-state index < -0.39 is 0 Å². The van der Waals surface area contributed by atoms with Crippen LogP contribution in [0.15, 0.2) is 0 Å². The first-order valence-electron chi connectivity index (χ1n) is 7.45. The minimum absolute atomic E-state index is 0.377. The van der Waals surface area contributed by atoms with Gasteiger partial charge in [-0.15, -0.1) is 0 Å². The Labute approximate surface area is 109 Å². The van der Waals surface area contributed by atoms with E-state index in [1.807, 2.05) is 0 Å². The van der Waals surface area contributed by atoms with Crippen molar-refractivity contribution < 1.29 is 4.74 Å². The molecule has 0 spiro atoms. The highest BCUT2D eigenvalue weighted by Gasteiger charge is 2.08. The summed E-state index contributed by atoms with van der Waals surface area (Å²) in [7, 11) is 0. The molecule has 0 aliphatic carbocycles. The fraction of sp³-hybridized carbons (Fsp3) is 1.00. The van der Waals surface area contributed by atoms with Gasteiger partial charge in [0.05, 0.1) is 12.2 Å². The van der Waals surface area contributed by atoms with Crippen molar-refractivity contribution in [2.45, 2.75) is 91.4 Å². The highest BCUT2D eigenvalue weighted by Crippen LogP contribution is 2.10. The first kappa shape index (κ1) is 16.9. The molecule has 1 N–H and O–H groups in total. The topological polar surface area (TPSA) is 21.3 Å². The van der Waals surface area contributed by atoms with Crippen molar-refractivity contribution in [3.63, 3.8) is 0 Å². The molecule has 17 heavy (non-hydrogen) atoms. The van der Waals surface area contributed by atoms with Crippen LogP contribution in [0.4, 0.5) is 0 Å². The molecule has 0 rings (SSSR count). The Morgan fingerprint density at radius 1 is 0.882 bits per heavy atom. The second-order valence-electron chi connectivity index (χ2n) is 5.50. The maximum Gasteiger partial charge on any atom is 0.0562 e. The number of unbranched alkanes of at least 4 members (excludes halogenated alkanes) is 3. The Morgan fingerprint density at radius 2 is 1.53 bits per heavy atom. The number of hydrogen-bond acceptors (Lipinski definition) is 2. The summed E-state index contributed by atoms with van der Waals surface area (Å²) >= 11 is 0. The third-order valence-corrected chi connectivity index (χ3v) is 3.03. The lowest BCUT2D eigenvalue weighted by Crippen LogP contribution is -2.28. The van der Waals surface area contributed by atoms with Crippen LogP contribution in [0.3, 0.4) is 0 Å². The molecule has 0 saturated heterocycles.